The summed E-state index contributed by atoms with van der Waals surface area (Å²) in [4.78, 5) is 11.7. The molecule has 7 heteroatoms. The van der Waals surface area contributed by atoms with E-state index in [1.807, 2.05) is 19.1 Å². The Bertz CT molecular complexity index is 524. The molecule has 0 saturated carbocycles. The molecule has 1 aromatic heterocycles. The largest absolute Gasteiger partial charge is 0.325 e. The maximum Gasteiger partial charge on any atom is 0.241 e. The highest BCUT2D eigenvalue weighted by Crippen LogP contribution is 2.13. The maximum absolute atomic E-state index is 11.7. The third-order valence-electron chi connectivity index (χ3n) is 2.50. The first kappa shape index (κ1) is 12.2. The first-order chi connectivity index (χ1) is 8.70. The Hall–Kier alpha value is -2.28. The third kappa shape index (κ3) is 2.69. The molecule has 2 rings (SSSR count). The monoisotopic (exact) mass is 246 g/mol. The second-order valence-corrected chi connectivity index (χ2v) is 3.81. The van der Waals surface area contributed by atoms with E-state index in [4.69, 9.17) is 5.73 Å². The minimum absolute atomic E-state index is 0.202. The van der Waals surface area contributed by atoms with Crippen LogP contribution in [0.4, 0.5) is 5.69 Å². The maximum atomic E-state index is 11.7. The van der Waals surface area contributed by atoms with Crippen LogP contribution in [0.15, 0.2) is 30.6 Å². The number of carbonyl (C=O) groups excluding carboxylic acids is 1. The van der Waals surface area contributed by atoms with Crippen molar-refractivity contribution in [1.29, 1.82) is 0 Å². The van der Waals surface area contributed by atoms with E-state index in [0.29, 0.717) is 12.1 Å². The third-order valence-corrected chi connectivity index (χ3v) is 2.50. The summed E-state index contributed by atoms with van der Waals surface area (Å²) < 4.78 is 1.51. The highest BCUT2D eigenvalue weighted by molar-refractivity contribution is 5.94. The molecule has 1 atom stereocenters. The van der Waals surface area contributed by atoms with Gasteiger partial charge < -0.3 is 11.1 Å². The van der Waals surface area contributed by atoms with Crippen molar-refractivity contribution in [3.8, 4) is 5.69 Å². The molecule has 0 saturated heterocycles. The number of nitrogens with two attached hydrogens (primary N) is 1. The number of amides is 1. The van der Waals surface area contributed by atoms with E-state index in [1.54, 1.807) is 12.1 Å². The van der Waals surface area contributed by atoms with Gasteiger partial charge in [0.15, 0.2) is 0 Å². The minimum atomic E-state index is -0.498. The molecule has 3 N–H and O–H groups in total. The highest BCUT2D eigenvalue weighted by atomic mass is 16.2. The van der Waals surface area contributed by atoms with Gasteiger partial charge in [0.05, 0.1) is 11.7 Å². The van der Waals surface area contributed by atoms with Gasteiger partial charge in [0, 0.05) is 5.69 Å². The van der Waals surface area contributed by atoms with Crippen LogP contribution in [0.25, 0.3) is 5.69 Å². The van der Waals surface area contributed by atoms with Crippen molar-refractivity contribution in [2.75, 3.05) is 5.32 Å². The van der Waals surface area contributed by atoms with Gasteiger partial charge in [0.2, 0.25) is 5.91 Å². The lowest BCUT2D eigenvalue weighted by molar-refractivity contribution is -0.117. The normalized spacial score (nSPS) is 12.1. The van der Waals surface area contributed by atoms with Crippen LogP contribution in [-0.4, -0.2) is 32.2 Å². The molecule has 0 radical (unpaired) electrons. The number of rotatable bonds is 4. The number of nitrogens with one attached hydrogen (secondary N) is 1. The van der Waals surface area contributed by atoms with E-state index >= 15 is 0 Å². The molecule has 7 nitrogen and oxygen atoms in total. The Morgan fingerprint density at radius 1 is 1.56 bits per heavy atom. The van der Waals surface area contributed by atoms with Gasteiger partial charge in [-0.15, -0.1) is 5.10 Å². The summed E-state index contributed by atoms with van der Waals surface area (Å²) in [6.07, 6.45) is 2.08. The lowest BCUT2D eigenvalue weighted by atomic mass is 10.2. The van der Waals surface area contributed by atoms with E-state index in [2.05, 4.69) is 20.8 Å². The molecule has 0 aliphatic carbocycles. The number of hydrogen-bond donors (Lipinski definition) is 2. The number of tetrazole rings is 1. The van der Waals surface area contributed by atoms with Crippen LogP contribution in [0.3, 0.4) is 0 Å². The fraction of sp³-hybridized carbons (Fsp3) is 0.273. The van der Waals surface area contributed by atoms with Gasteiger partial charge in [-0.2, -0.15) is 0 Å². The fourth-order valence-electron chi connectivity index (χ4n) is 1.43. The van der Waals surface area contributed by atoms with Crippen molar-refractivity contribution >= 4 is 11.6 Å². The van der Waals surface area contributed by atoms with Crippen LogP contribution in [0.1, 0.15) is 13.3 Å². The van der Waals surface area contributed by atoms with Gasteiger partial charge in [-0.05, 0) is 35.0 Å². The molecule has 0 fully saturated rings. The van der Waals surface area contributed by atoms with E-state index in [1.165, 1.54) is 11.0 Å². The smallest absolute Gasteiger partial charge is 0.241 e. The zero-order valence-corrected chi connectivity index (χ0v) is 9.95. The minimum Gasteiger partial charge on any atom is -0.325 e. The Labute approximate surface area is 104 Å². The summed E-state index contributed by atoms with van der Waals surface area (Å²) in [5.41, 5.74) is 7.08. The molecule has 0 spiro atoms. The average molecular weight is 246 g/mol. The van der Waals surface area contributed by atoms with E-state index in [-0.39, 0.29) is 5.91 Å². The molecule has 1 unspecified atom stereocenters. The van der Waals surface area contributed by atoms with Gasteiger partial charge in [-0.1, -0.05) is 13.0 Å². The second kappa shape index (κ2) is 5.37. The number of anilines is 1. The van der Waals surface area contributed by atoms with Gasteiger partial charge in [0.1, 0.15) is 6.33 Å². The van der Waals surface area contributed by atoms with Crippen molar-refractivity contribution in [3.05, 3.63) is 30.6 Å². The molecule has 0 aliphatic heterocycles. The summed E-state index contributed by atoms with van der Waals surface area (Å²) in [5, 5.41) is 13.6. The molecule has 18 heavy (non-hydrogen) atoms. The highest BCUT2D eigenvalue weighted by Gasteiger charge is 2.11. The number of aromatic nitrogens is 4. The summed E-state index contributed by atoms with van der Waals surface area (Å²) in [6, 6.07) is 6.71. The number of carbonyl (C=O) groups is 1. The summed E-state index contributed by atoms with van der Waals surface area (Å²) in [7, 11) is 0. The van der Waals surface area contributed by atoms with Gasteiger partial charge in [-0.25, -0.2) is 4.68 Å². The molecule has 1 amide bonds. The van der Waals surface area contributed by atoms with Gasteiger partial charge >= 0.3 is 0 Å². The Kier molecular flexibility index (Phi) is 3.63. The van der Waals surface area contributed by atoms with Crippen LogP contribution in [-0.2, 0) is 4.79 Å². The van der Waals surface area contributed by atoms with Crippen LogP contribution >= 0.6 is 0 Å². The topological polar surface area (TPSA) is 98.7 Å². The lowest BCUT2D eigenvalue weighted by Crippen LogP contribution is -2.34. The Morgan fingerprint density at radius 2 is 2.39 bits per heavy atom. The van der Waals surface area contributed by atoms with Crippen LogP contribution in [0, 0.1) is 0 Å². The number of hydrogen-bond acceptors (Lipinski definition) is 5. The van der Waals surface area contributed by atoms with Crippen molar-refractivity contribution in [2.24, 2.45) is 5.73 Å². The molecule has 1 aromatic carbocycles. The van der Waals surface area contributed by atoms with Gasteiger partial charge in [-0.3, -0.25) is 4.79 Å². The van der Waals surface area contributed by atoms with Crippen LogP contribution < -0.4 is 11.1 Å². The first-order valence-electron chi connectivity index (χ1n) is 5.60. The molecule has 0 aliphatic rings. The summed E-state index contributed by atoms with van der Waals surface area (Å²) >= 11 is 0. The lowest BCUT2D eigenvalue weighted by Gasteiger charge is -2.10. The predicted molar refractivity (Wildman–Crippen MR) is 66.1 cm³/mol. The Balaban J connectivity index is 2.16. The fourth-order valence-corrected chi connectivity index (χ4v) is 1.43. The molecule has 94 valence electrons. The summed E-state index contributed by atoms with van der Waals surface area (Å²) in [5.74, 6) is -0.202. The van der Waals surface area contributed by atoms with Crippen LogP contribution in [0.5, 0.6) is 0 Å². The zero-order valence-electron chi connectivity index (χ0n) is 9.95. The SMILES string of the molecule is CCC(N)C(=O)Nc1cccc(-n2cnnn2)c1. The standard InChI is InChI=1S/C11H14N6O/c1-2-10(12)11(18)14-8-4-3-5-9(6-8)17-7-13-15-16-17/h3-7,10H,2,12H2,1H3,(H,14,18). The van der Waals surface area contributed by atoms with Crippen LogP contribution in [0.2, 0.25) is 0 Å². The molecular weight excluding hydrogens is 232 g/mol. The van der Waals surface area contributed by atoms with E-state index in [0.717, 1.165) is 5.69 Å². The Morgan fingerprint density at radius 3 is 3.06 bits per heavy atom. The number of nitrogens with zero attached hydrogens (tertiary/aromatic N) is 4. The van der Waals surface area contributed by atoms with Crippen molar-refractivity contribution in [3.63, 3.8) is 0 Å². The van der Waals surface area contributed by atoms with E-state index in [9.17, 15) is 4.79 Å². The van der Waals surface area contributed by atoms with Crippen molar-refractivity contribution in [2.45, 2.75) is 19.4 Å². The summed E-state index contributed by atoms with van der Waals surface area (Å²) in [6.45, 7) is 1.86. The molecular formula is C11H14N6O. The quantitative estimate of drug-likeness (QED) is 0.810. The number of benzene rings is 1. The molecule has 0 bridgehead atoms. The first-order valence-corrected chi connectivity index (χ1v) is 5.60. The molecule has 1 heterocycles. The molecule has 2 aromatic rings. The van der Waals surface area contributed by atoms with Crippen molar-refractivity contribution in [1.82, 2.24) is 20.2 Å². The van der Waals surface area contributed by atoms with Crippen molar-refractivity contribution < 1.29 is 4.79 Å². The second-order valence-electron chi connectivity index (χ2n) is 3.81. The predicted octanol–water partition coefficient (Wildman–Crippen LogP) is 0.338. The average Bonchev–Trinajstić information content (AvgIpc) is 2.92. The zero-order chi connectivity index (χ0) is 13.0. The van der Waals surface area contributed by atoms with E-state index < -0.39 is 6.04 Å². The van der Waals surface area contributed by atoms with Gasteiger partial charge in [0.25, 0.3) is 0 Å².